The van der Waals surface area contributed by atoms with E-state index in [1.165, 1.54) is 12.8 Å². The van der Waals surface area contributed by atoms with E-state index in [1.807, 2.05) is 0 Å². The summed E-state index contributed by atoms with van der Waals surface area (Å²) in [6, 6.07) is 0. The molecule has 0 aromatic heterocycles. The Hall–Kier alpha value is -0.300. The van der Waals surface area contributed by atoms with Gasteiger partial charge in [0.05, 0.1) is 0 Å². The van der Waals surface area contributed by atoms with Crippen LogP contribution in [0.5, 0.6) is 0 Å². The van der Waals surface area contributed by atoms with Crippen molar-refractivity contribution < 1.29 is 0 Å². The van der Waals surface area contributed by atoms with Crippen molar-refractivity contribution in [1.82, 2.24) is 5.32 Å². The molecule has 0 aliphatic heterocycles. The van der Waals surface area contributed by atoms with E-state index >= 15 is 0 Å². The molecule has 0 aromatic rings. The average molecular weight is 141 g/mol. The molecule has 1 heteroatoms. The largest absolute Gasteiger partial charge is 0.316 e. The lowest BCUT2D eigenvalue weighted by Crippen LogP contribution is -2.14. The molecule has 0 atom stereocenters. The van der Waals surface area contributed by atoms with Gasteiger partial charge in [-0.2, -0.15) is 0 Å². The minimum atomic E-state index is 1.13. The molecule has 0 amide bonds. The molecular formula is C9H19N. The fraction of sp³-hybridized carbons (Fsp3) is 0.778. The van der Waals surface area contributed by atoms with E-state index in [4.69, 9.17) is 0 Å². The lowest BCUT2D eigenvalue weighted by Gasteiger charge is -1.97. The summed E-state index contributed by atoms with van der Waals surface area (Å²) in [4.78, 5) is 0. The molecule has 0 saturated heterocycles. The van der Waals surface area contributed by atoms with Crippen LogP contribution < -0.4 is 5.32 Å². The van der Waals surface area contributed by atoms with E-state index in [-0.39, 0.29) is 0 Å². The van der Waals surface area contributed by atoms with E-state index in [0.717, 1.165) is 19.5 Å². The van der Waals surface area contributed by atoms with Crippen LogP contribution in [0.1, 0.15) is 33.1 Å². The Kier molecular flexibility index (Phi) is 8.44. The first kappa shape index (κ1) is 9.70. The summed E-state index contributed by atoms with van der Waals surface area (Å²) >= 11 is 0. The van der Waals surface area contributed by atoms with E-state index in [0.29, 0.717) is 0 Å². The van der Waals surface area contributed by atoms with Gasteiger partial charge in [-0.3, -0.25) is 0 Å². The summed E-state index contributed by atoms with van der Waals surface area (Å²) in [5.41, 5.74) is 0. The fourth-order valence-corrected chi connectivity index (χ4v) is 0.772. The molecule has 10 heavy (non-hydrogen) atoms. The number of nitrogens with one attached hydrogen (secondary N) is 1. The second-order valence-electron chi connectivity index (χ2n) is 2.42. The van der Waals surface area contributed by atoms with E-state index in [2.05, 4.69) is 31.3 Å². The molecule has 0 aromatic carbocycles. The van der Waals surface area contributed by atoms with Gasteiger partial charge in [0.2, 0.25) is 0 Å². The lowest BCUT2D eigenvalue weighted by atomic mass is 10.3. The smallest absolute Gasteiger partial charge is 0.00143 e. The number of rotatable bonds is 6. The van der Waals surface area contributed by atoms with Crippen molar-refractivity contribution >= 4 is 0 Å². The third kappa shape index (κ3) is 7.70. The monoisotopic (exact) mass is 141 g/mol. The Morgan fingerprint density at radius 1 is 1.10 bits per heavy atom. The van der Waals surface area contributed by atoms with Crippen molar-refractivity contribution in [3.63, 3.8) is 0 Å². The topological polar surface area (TPSA) is 12.0 Å². The maximum absolute atomic E-state index is 3.34. The van der Waals surface area contributed by atoms with Gasteiger partial charge in [0.15, 0.2) is 0 Å². The first-order valence-corrected chi connectivity index (χ1v) is 4.27. The molecule has 0 heterocycles. The van der Waals surface area contributed by atoms with Gasteiger partial charge < -0.3 is 5.32 Å². The second-order valence-corrected chi connectivity index (χ2v) is 2.42. The normalized spacial score (nSPS) is 11.0. The summed E-state index contributed by atoms with van der Waals surface area (Å²) < 4.78 is 0. The number of hydrogen-bond donors (Lipinski definition) is 1. The highest BCUT2D eigenvalue weighted by Gasteiger charge is 1.79. The Morgan fingerprint density at radius 2 is 1.90 bits per heavy atom. The minimum absolute atomic E-state index is 1.13. The standard InChI is InChI=1S/C9H19N/c1-3-5-6-7-9-10-8-4-2/h5-6,10H,3-4,7-9H2,1-2H3/b6-5+. The second kappa shape index (κ2) is 8.70. The summed E-state index contributed by atoms with van der Waals surface area (Å²) in [6.07, 6.45) is 8.02. The van der Waals surface area contributed by atoms with Crippen LogP contribution in [0.4, 0.5) is 0 Å². The van der Waals surface area contributed by atoms with E-state index < -0.39 is 0 Å². The first-order chi connectivity index (χ1) is 4.91. The van der Waals surface area contributed by atoms with Crippen LogP contribution in [0.15, 0.2) is 12.2 Å². The molecule has 0 aliphatic carbocycles. The highest BCUT2D eigenvalue weighted by atomic mass is 14.8. The minimum Gasteiger partial charge on any atom is -0.316 e. The molecule has 0 rings (SSSR count). The number of hydrogen-bond acceptors (Lipinski definition) is 1. The maximum atomic E-state index is 3.34. The van der Waals surface area contributed by atoms with Crippen LogP contribution in [-0.4, -0.2) is 13.1 Å². The molecular weight excluding hydrogens is 122 g/mol. The van der Waals surface area contributed by atoms with Crippen molar-refractivity contribution in [2.45, 2.75) is 33.1 Å². The van der Waals surface area contributed by atoms with Gasteiger partial charge in [-0.1, -0.05) is 26.0 Å². The zero-order valence-corrected chi connectivity index (χ0v) is 7.19. The van der Waals surface area contributed by atoms with E-state index in [1.54, 1.807) is 0 Å². The van der Waals surface area contributed by atoms with Crippen LogP contribution in [0.3, 0.4) is 0 Å². The fourth-order valence-electron chi connectivity index (χ4n) is 0.772. The molecule has 0 unspecified atom stereocenters. The van der Waals surface area contributed by atoms with Crippen molar-refractivity contribution in [3.05, 3.63) is 12.2 Å². The number of allylic oxidation sites excluding steroid dienone is 1. The molecule has 60 valence electrons. The van der Waals surface area contributed by atoms with E-state index in [9.17, 15) is 0 Å². The van der Waals surface area contributed by atoms with Crippen LogP contribution in [-0.2, 0) is 0 Å². The van der Waals surface area contributed by atoms with Gasteiger partial charge in [-0.25, -0.2) is 0 Å². The van der Waals surface area contributed by atoms with Crippen LogP contribution in [0, 0.1) is 0 Å². The molecule has 1 N–H and O–H groups in total. The van der Waals surface area contributed by atoms with Crippen LogP contribution in [0.25, 0.3) is 0 Å². The maximum Gasteiger partial charge on any atom is -0.00143 e. The van der Waals surface area contributed by atoms with Gasteiger partial charge in [-0.05, 0) is 32.4 Å². The molecule has 0 saturated carbocycles. The van der Waals surface area contributed by atoms with Crippen molar-refractivity contribution in [2.75, 3.05) is 13.1 Å². The first-order valence-electron chi connectivity index (χ1n) is 4.27. The lowest BCUT2D eigenvalue weighted by molar-refractivity contribution is 0.678. The van der Waals surface area contributed by atoms with Gasteiger partial charge in [0.1, 0.15) is 0 Å². The average Bonchev–Trinajstić information content (AvgIpc) is 1.97. The summed E-state index contributed by atoms with van der Waals surface area (Å²) in [6.45, 7) is 6.63. The van der Waals surface area contributed by atoms with Gasteiger partial charge in [0, 0.05) is 0 Å². The Morgan fingerprint density at radius 3 is 2.50 bits per heavy atom. The predicted octanol–water partition coefficient (Wildman–Crippen LogP) is 2.34. The highest BCUT2D eigenvalue weighted by molar-refractivity contribution is 4.80. The van der Waals surface area contributed by atoms with Crippen LogP contribution in [0.2, 0.25) is 0 Å². The van der Waals surface area contributed by atoms with Crippen molar-refractivity contribution in [2.24, 2.45) is 0 Å². The third-order valence-corrected chi connectivity index (χ3v) is 1.32. The molecule has 1 nitrogen and oxygen atoms in total. The Bertz CT molecular complexity index is 76.8. The molecule has 0 aliphatic rings. The Balaban J connectivity index is 2.83. The quantitative estimate of drug-likeness (QED) is 0.442. The zero-order chi connectivity index (χ0) is 7.66. The SMILES string of the molecule is CC/C=C/CCNCCC. The molecule has 0 radical (unpaired) electrons. The zero-order valence-electron chi connectivity index (χ0n) is 7.19. The van der Waals surface area contributed by atoms with Gasteiger partial charge in [-0.15, -0.1) is 0 Å². The van der Waals surface area contributed by atoms with Crippen LogP contribution >= 0.6 is 0 Å². The summed E-state index contributed by atoms with van der Waals surface area (Å²) in [7, 11) is 0. The highest BCUT2D eigenvalue weighted by Crippen LogP contribution is 1.84. The third-order valence-electron chi connectivity index (χ3n) is 1.32. The summed E-state index contributed by atoms with van der Waals surface area (Å²) in [5.74, 6) is 0. The Labute approximate surface area is 64.5 Å². The van der Waals surface area contributed by atoms with Gasteiger partial charge >= 0.3 is 0 Å². The molecule has 0 spiro atoms. The van der Waals surface area contributed by atoms with Crippen molar-refractivity contribution in [3.8, 4) is 0 Å². The van der Waals surface area contributed by atoms with Gasteiger partial charge in [0.25, 0.3) is 0 Å². The van der Waals surface area contributed by atoms with Crippen molar-refractivity contribution in [1.29, 1.82) is 0 Å². The molecule has 0 fully saturated rings. The summed E-state index contributed by atoms with van der Waals surface area (Å²) in [5, 5.41) is 3.34. The predicted molar refractivity (Wildman–Crippen MR) is 47.2 cm³/mol. The molecule has 0 bridgehead atoms.